The number of carbonyl (C=O) groups excluding carboxylic acids is 1. The Bertz CT molecular complexity index is 548. The average molecular weight is 260 g/mol. The van der Waals surface area contributed by atoms with Gasteiger partial charge in [-0.15, -0.1) is 11.3 Å². The molecule has 0 aliphatic heterocycles. The maximum atomic E-state index is 12.1. The second-order valence-corrected chi connectivity index (χ2v) is 5.74. The number of aromatic nitrogens is 1. The molecule has 3 nitrogen and oxygen atoms in total. The first kappa shape index (κ1) is 12.8. The van der Waals surface area contributed by atoms with Crippen molar-refractivity contribution < 1.29 is 4.79 Å². The highest BCUT2D eigenvalue weighted by Crippen LogP contribution is 2.21. The fourth-order valence-electron chi connectivity index (χ4n) is 1.84. The SMILES string of the molecule is Cc1cc(C(=O)N[C@H](C)c2ccccn2)c(C)s1. The molecule has 0 aliphatic carbocycles. The van der Waals surface area contributed by atoms with Gasteiger partial charge in [0.1, 0.15) is 0 Å². The Labute approximate surface area is 111 Å². The third kappa shape index (κ3) is 2.76. The molecular formula is C14H16N2OS. The maximum Gasteiger partial charge on any atom is 0.252 e. The summed E-state index contributed by atoms with van der Waals surface area (Å²) in [6.07, 6.45) is 1.73. The summed E-state index contributed by atoms with van der Waals surface area (Å²) < 4.78 is 0. The van der Waals surface area contributed by atoms with Crippen LogP contribution < -0.4 is 5.32 Å². The number of carbonyl (C=O) groups is 1. The number of nitrogens with one attached hydrogen (secondary N) is 1. The standard InChI is InChI=1S/C14H16N2OS/c1-9-8-12(11(3)18-9)14(17)16-10(2)13-6-4-5-7-15-13/h4-8,10H,1-3H3,(H,16,17)/t10-/m1/s1. The van der Waals surface area contributed by atoms with E-state index in [4.69, 9.17) is 0 Å². The van der Waals surface area contributed by atoms with Crippen LogP contribution >= 0.6 is 11.3 Å². The maximum absolute atomic E-state index is 12.1. The molecule has 94 valence electrons. The van der Waals surface area contributed by atoms with Gasteiger partial charge in [0.2, 0.25) is 0 Å². The molecule has 2 heterocycles. The van der Waals surface area contributed by atoms with E-state index in [1.54, 1.807) is 17.5 Å². The number of rotatable bonds is 3. The van der Waals surface area contributed by atoms with Crippen LogP contribution in [-0.4, -0.2) is 10.9 Å². The molecule has 2 aromatic heterocycles. The van der Waals surface area contributed by atoms with Gasteiger partial charge in [-0.25, -0.2) is 0 Å². The summed E-state index contributed by atoms with van der Waals surface area (Å²) >= 11 is 1.64. The lowest BCUT2D eigenvalue weighted by molar-refractivity contribution is 0.0939. The van der Waals surface area contributed by atoms with E-state index in [2.05, 4.69) is 10.3 Å². The van der Waals surface area contributed by atoms with E-state index >= 15 is 0 Å². The molecule has 0 aliphatic rings. The third-order valence-corrected chi connectivity index (χ3v) is 3.73. The van der Waals surface area contributed by atoms with E-state index in [1.165, 1.54) is 0 Å². The van der Waals surface area contributed by atoms with Crippen LogP contribution in [0.5, 0.6) is 0 Å². The van der Waals surface area contributed by atoms with Gasteiger partial charge in [-0.1, -0.05) is 6.07 Å². The molecule has 0 radical (unpaired) electrons. The zero-order valence-electron chi connectivity index (χ0n) is 10.7. The molecule has 4 heteroatoms. The van der Waals surface area contributed by atoms with E-state index in [9.17, 15) is 4.79 Å². The second-order valence-electron chi connectivity index (χ2n) is 4.28. The monoisotopic (exact) mass is 260 g/mol. The van der Waals surface area contributed by atoms with Crippen molar-refractivity contribution in [2.75, 3.05) is 0 Å². The van der Waals surface area contributed by atoms with E-state index in [0.29, 0.717) is 0 Å². The van der Waals surface area contributed by atoms with Gasteiger partial charge in [-0.05, 0) is 39.0 Å². The fraction of sp³-hybridized carbons (Fsp3) is 0.286. The predicted octanol–water partition coefficient (Wildman–Crippen LogP) is 3.25. The van der Waals surface area contributed by atoms with Crippen molar-refractivity contribution in [1.82, 2.24) is 10.3 Å². The highest BCUT2D eigenvalue weighted by molar-refractivity contribution is 7.12. The van der Waals surface area contributed by atoms with Crippen LogP contribution in [0.25, 0.3) is 0 Å². The molecule has 0 saturated heterocycles. The number of aryl methyl sites for hydroxylation is 2. The Balaban J connectivity index is 2.10. The molecule has 0 saturated carbocycles. The van der Waals surface area contributed by atoms with Gasteiger partial charge in [-0.3, -0.25) is 9.78 Å². The van der Waals surface area contributed by atoms with Crippen molar-refractivity contribution in [3.63, 3.8) is 0 Å². The number of hydrogen-bond donors (Lipinski definition) is 1. The van der Waals surface area contributed by atoms with Crippen LogP contribution in [0, 0.1) is 13.8 Å². The lowest BCUT2D eigenvalue weighted by Gasteiger charge is -2.12. The largest absolute Gasteiger partial charge is 0.344 e. The van der Waals surface area contributed by atoms with Crippen LogP contribution in [0.4, 0.5) is 0 Å². The minimum Gasteiger partial charge on any atom is -0.344 e. The zero-order chi connectivity index (χ0) is 13.1. The summed E-state index contributed by atoms with van der Waals surface area (Å²) in [6, 6.07) is 7.55. The van der Waals surface area contributed by atoms with Gasteiger partial charge in [0.25, 0.3) is 5.91 Å². The Morgan fingerprint density at radius 3 is 2.72 bits per heavy atom. The normalized spacial score (nSPS) is 12.2. The van der Waals surface area contributed by atoms with Crippen LogP contribution in [0.3, 0.4) is 0 Å². The van der Waals surface area contributed by atoms with E-state index in [0.717, 1.165) is 21.0 Å². The van der Waals surface area contributed by atoms with Gasteiger partial charge >= 0.3 is 0 Å². The topological polar surface area (TPSA) is 42.0 Å². The van der Waals surface area contributed by atoms with Crippen molar-refractivity contribution >= 4 is 17.2 Å². The first-order chi connectivity index (χ1) is 8.58. The van der Waals surface area contributed by atoms with Crippen molar-refractivity contribution in [2.45, 2.75) is 26.8 Å². The highest BCUT2D eigenvalue weighted by Gasteiger charge is 2.15. The molecule has 0 spiro atoms. The molecule has 0 unspecified atom stereocenters. The van der Waals surface area contributed by atoms with Crippen molar-refractivity contribution in [2.24, 2.45) is 0 Å². The van der Waals surface area contributed by atoms with E-state index in [-0.39, 0.29) is 11.9 Å². The summed E-state index contributed by atoms with van der Waals surface area (Å²) in [5.74, 6) is -0.0324. The molecule has 0 aromatic carbocycles. The highest BCUT2D eigenvalue weighted by atomic mass is 32.1. The molecule has 18 heavy (non-hydrogen) atoms. The predicted molar refractivity (Wildman–Crippen MR) is 73.9 cm³/mol. The summed E-state index contributed by atoms with van der Waals surface area (Å²) in [5, 5.41) is 2.97. The Morgan fingerprint density at radius 1 is 1.39 bits per heavy atom. The number of nitrogens with zero attached hydrogens (tertiary/aromatic N) is 1. The van der Waals surface area contributed by atoms with Gasteiger partial charge in [0.05, 0.1) is 17.3 Å². The van der Waals surface area contributed by atoms with E-state index < -0.39 is 0 Å². The molecule has 1 N–H and O–H groups in total. The molecule has 0 fully saturated rings. The first-order valence-electron chi connectivity index (χ1n) is 5.86. The minimum absolute atomic E-state index is 0.0324. The van der Waals surface area contributed by atoms with Gasteiger partial charge in [0, 0.05) is 16.0 Å². The number of pyridine rings is 1. The number of amides is 1. The molecule has 1 amide bonds. The van der Waals surface area contributed by atoms with Crippen molar-refractivity contribution in [1.29, 1.82) is 0 Å². The molecule has 0 bridgehead atoms. The van der Waals surface area contributed by atoms with Crippen molar-refractivity contribution in [3.8, 4) is 0 Å². The second kappa shape index (κ2) is 5.31. The molecular weight excluding hydrogens is 244 g/mol. The molecule has 2 aromatic rings. The fourth-order valence-corrected chi connectivity index (χ4v) is 2.76. The summed E-state index contributed by atoms with van der Waals surface area (Å²) in [5.41, 5.74) is 1.63. The quantitative estimate of drug-likeness (QED) is 0.920. The van der Waals surface area contributed by atoms with Crippen LogP contribution in [0.1, 0.15) is 38.8 Å². The van der Waals surface area contributed by atoms with Gasteiger partial charge in [0.15, 0.2) is 0 Å². The average Bonchev–Trinajstić information content (AvgIpc) is 2.69. The van der Waals surface area contributed by atoms with Crippen LogP contribution in [-0.2, 0) is 0 Å². The van der Waals surface area contributed by atoms with E-state index in [1.807, 2.05) is 45.0 Å². The minimum atomic E-state index is -0.0849. The third-order valence-electron chi connectivity index (χ3n) is 2.76. The lowest BCUT2D eigenvalue weighted by atomic mass is 10.2. The lowest BCUT2D eigenvalue weighted by Crippen LogP contribution is -2.27. The molecule has 2 rings (SSSR count). The van der Waals surface area contributed by atoms with Gasteiger partial charge < -0.3 is 5.32 Å². The van der Waals surface area contributed by atoms with Crippen LogP contribution in [0.2, 0.25) is 0 Å². The summed E-state index contributed by atoms with van der Waals surface area (Å²) in [7, 11) is 0. The Hall–Kier alpha value is -1.68. The Morgan fingerprint density at radius 2 is 2.17 bits per heavy atom. The van der Waals surface area contributed by atoms with Crippen molar-refractivity contribution in [3.05, 3.63) is 51.5 Å². The zero-order valence-corrected chi connectivity index (χ0v) is 11.5. The molecule has 1 atom stereocenters. The number of hydrogen-bond acceptors (Lipinski definition) is 3. The Kier molecular flexibility index (Phi) is 3.77. The van der Waals surface area contributed by atoms with Gasteiger partial charge in [-0.2, -0.15) is 0 Å². The first-order valence-corrected chi connectivity index (χ1v) is 6.68. The smallest absolute Gasteiger partial charge is 0.252 e. The summed E-state index contributed by atoms with van der Waals surface area (Å²) in [4.78, 5) is 18.6. The number of thiophene rings is 1. The summed E-state index contributed by atoms with van der Waals surface area (Å²) in [6.45, 7) is 5.92. The van der Waals surface area contributed by atoms with Crippen LogP contribution in [0.15, 0.2) is 30.5 Å².